The number of rotatable bonds is 2. The van der Waals surface area contributed by atoms with E-state index >= 15 is 0 Å². The van der Waals surface area contributed by atoms with Crippen LogP contribution in [-0.2, 0) is 0 Å². The van der Waals surface area contributed by atoms with Gasteiger partial charge in [-0.2, -0.15) is 0 Å². The molecular formula is C10H8BrClFN3. The fourth-order valence-electron chi connectivity index (χ4n) is 1.24. The molecule has 1 aromatic heterocycles. The summed E-state index contributed by atoms with van der Waals surface area (Å²) in [5, 5.41) is 7.44. The lowest BCUT2D eigenvalue weighted by molar-refractivity contribution is 0.606. The van der Waals surface area contributed by atoms with E-state index in [2.05, 4.69) is 26.2 Å². The zero-order valence-corrected chi connectivity index (χ0v) is 10.7. The molecule has 1 unspecified atom stereocenters. The van der Waals surface area contributed by atoms with Gasteiger partial charge in [0.05, 0.1) is 11.6 Å². The first-order chi connectivity index (χ1) is 7.58. The maximum Gasteiger partial charge on any atom is 0.150 e. The predicted octanol–water partition coefficient (Wildman–Crippen LogP) is 3.47. The zero-order valence-electron chi connectivity index (χ0n) is 8.36. The van der Waals surface area contributed by atoms with Gasteiger partial charge in [-0.05, 0) is 25.1 Å². The van der Waals surface area contributed by atoms with E-state index in [0.29, 0.717) is 15.9 Å². The topological polar surface area (TPSA) is 30.7 Å². The number of halogens is 3. The van der Waals surface area contributed by atoms with Crippen LogP contribution in [0.2, 0.25) is 0 Å². The van der Waals surface area contributed by atoms with E-state index in [1.807, 2.05) is 0 Å². The third-order valence-electron chi connectivity index (χ3n) is 2.08. The normalized spacial score (nSPS) is 12.8. The second-order valence-electron chi connectivity index (χ2n) is 3.30. The second-order valence-corrected chi connectivity index (χ2v) is 4.87. The van der Waals surface area contributed by atoms with Crippen LogP contribution in [0.3, 0.4) is 0 Å². The number of alkyl halides is 1. The van der Waals surface area contributed by atoms with Crippen molar-refractivity contribution >= 4 is 27.5 Å². The molecule has 0 N–H and O–H groups in total. The second kappa shape index (κ2) is 4.51. The largest absolute Gasteiger partial charge is 0.217 e. The van der Waals surface area contributed by atoms with Crippen molar-refractivity contribution in [2.24, 2.45) is 0 Å². The molecule has 1 heterocycles. The van der Waals surface area contributed by atoms with Gasteiger partial charge in [0.1, 0.15) is 17.2 Å². The summed E-state index contributed by atoms with van der Waals surface area (Å²) >= 11 is 9.04. The van der Waals surface area contributed by atoms with Gasteiger partial charge in [-0.1, -0.05) is 21.1 Å². The molecule has 0 aliphatic heterocycles. The molecule has 2 aromatic rings. The Labute approximate surface area is 105 Å². The Balaban J connectivity index is 2.42. The van der Waals surface area contributed by atoms with Crippen molar-refractivity contribution in [3.63, 3.8) is 0 Å². The minimum Gasteiger partial charge on any atom is -0.217 e. The standard InChI is InChI=1S/C10H8BrClFN3/c1-6(12)9-5-16(15-14-9)10-3-2-7(11)4-8(10)13/h2-6H,1H3. The molecule has 0 spiro atoms. The number of hydrogen-bond donors (Lipinski definition) is 0. The Kier molecular flexibility index (Phi) is 3.25. The molecule has 3 nitrogen and oxygen atoms in total. The maximum absolute atomic E-state index is 13.6. The average Bonchev–Trinajstić information content (AvgIpc) is 2.66. The smallest absolute Gasteiger partial charge is 0.150 e. The van der Waals surface area contributed by atoms with Crippen molar-refractivity contribution in [1.29, 1.82) is 0 Å². The van der Waals surface area contributed by atoms with Crippen molar-refractivity contribution in [2.75, 3.05) is 0 Å². The van der Waals surface area contributed by atoms with Crippen LogP contribution in [0.15, 0.2) is 28.9 Å². The molecule has 0 amide bonds. The molecular weight excluding hydrogens is 296 g/mol. The summed E-state index contributed by atoms with van der Waals surface area (Å²) in [4.78, 5) is 0. The molecule has 0 saturated heterocycles. The van der Waals surface area contributed by atoms with E-state index < -0.39 is 0 Å². The van der Waals surface area contributed by atoms with E-state index in [-0.39, 0.29) is 11.2 Å². The summed E-state index contributed by atoms with van der Waals surface area (Å²) in [7, 11) is 0. The minimum absolute atomic E-state index is 0.243. The Hall–Kier alpha value is -0.940. The van der Waals surface area contributed by atoms with Crippen molar-refractivity contribution < 1.29 is 4.39 Å². The van der Waals surface area contributed by atoms with Gasteiger partial charge in [-0.25, -0.2) is 9.07 Å². The SMILES string of the molecule is CC(Cl)c1cn(-c2ccc(Br)cc2F)nn1. The lowest BCUT2D eigenvalue weighted by Crippen LogP contribution is -1.98. The molecule has 0 saturated carbocycles. The molecule has 1 atom stereocenters. The Morgan fingerprint density at radius 3 is 2.81 bits per heavy atom. The van der Waals surface area contributed by atoms with Gasteiger partial charge >= 0.3 is 0 Å². The maximum atomic E-state index is 13.6. The minimum atomic E-state index is -0.368. The zero-order chi connectivity index (χ0) is 11.7. The first-order valence-electron chi connectivity index (χ1n) is 4.59. The third kappa shape index (κ3) is 2.25. The van der Waals surface area contributed by atoms with Crippen LogP contribution in [0.5, 0.6) is 0 Å². The van der Waals surface area contributed by atoms with E-state index in [1.165, 1.54) is 10.7 Å². The number of benzene rings is 1. The van der Waals surface area contributed by atoms with Gasteiger partial charge in [0.2, 0.25) is 0 Å². The summed E-state index contributed by atoms with van der Waals surface area (Å²) in [6.45, 7) is 1.79. The van der Waals surface area contributed by atoms with Crippen LogP contribution >= 0.6 is 27.5 Å². The van der Waals surface area contributed by atoms with Crippen LogP contribution < -0.4 is 0 Å². The van der Waals surface area contributed by atoms with Gasteiger partial charge < -0.3 is 0 Å². The number of hydrogen-bond acceptors (Lipinski definition) is 2. The first-order valence-corrected chi connectivity index (χ1v) is 5.82. The van der Waals surface area contributed by atoms with Crippen LogP contribution in [0.25, 0.3) is 5.69 Å². The van der Waals surface area contributed by atoms with Gasteiger partial charge in [-0.3, -0.25) is 0 Å². The molecule has 0 aliphatic carbocycles. The van der Waals surface area contributed by atoms with Crippen molar-refractivity contribution in [3.8, 4) is 5.69 Å². The van der Waals surface area contributed by atoms with Gasteiger partial charge in [0, 0.05) is 4.47 Å². The van der Waals surface area contributed by atoms with Gasteiger partial charge in [0.15, 0.2) is 0 Å². The molecule has 2 rings (SSSR count). The molecule has 6 heteroatoms. The highest BCUT2D eigenvalue weighted by Crippen LogP contribution is 2.20. The number of aromatic nitrogens is 3. The summed E-state index contributed by atoms with van der Waals surface area (Å²) in [6.07, 6.45) is 1.62. The van der Waals surface area contributed by atoms with E-state index in [1.54, 1.807) is 25.3 Å². The molecule has 0 bridgehead atoms. The Morgan fingerprint density at radius 2 is 2.25 bits per heavy atom. The van der Waals surface area contributed by atoms with Gasteiger partial charge in [-0.15, -0.1) is 16.7 Å². The number of nitrogens with zero attached hydrogens (tertiary/aromatic N) is 3. The molecule has 1 aromatic carbocycles. The van der Waals surface area contributed by atoms with E-state index in [0.717, 1.165) is 0 Å². The third-order valence-corrected chi connectivity index (χ3v) is 2.79. The van der Waals surface area contributed by atoms with Crippen molar-refractivity contribution in [3.05, 3.63) is 40.4 Å². The molecule has 16 heavy (non-hydrogen) atoms. The van der Waals surface area contributed by atoms with Gasteiger partial charge in [0.25, 0.3) is 0 Å². The van der Waals surface area contributed by atoms with Crippen molar-refractivity contribution in [1.82, 2.24) is 15.0 Å². The molecule has 84 valence electrons. The van der Waals surface area contributed by atoms with Crippen LogP contribution in [0.4, 0.5) is 4.39 Å². The van der Waals surface area contributed by atoms with Crippen LogP contribution in [0.1, 0.15) is 18.0 Å². The highest BCUT2D eigenvalue weighted by Gasteiger charge is 2.10. The summed E-state index contributed by atoms with van der Waals surface area (Å²) in [5.41, 5.74) is 0.961. The summed E-state index contributed by atoms with van der Waals surface area (Å²) < 4.78 is 15.6. The first kappa shape index (κ1) is 11.5. The highest BCUT2D eigenvalue weighted by atomic mass is 79.9. The fraction of sp³-hybridized carbons (Fsp3) is 0.200. The van der Waals surface area contributed by atoms with E-state index in [9.17, 15) is 4.39 Å². The van der Waals surface area contributed by atoms with Crippen molar-refractivity contribution in [2.45, 2.75) is 12.3 Å². The molecule has 0 radical (unpaired) electrons. The summed E-state index contributed by atoms with van der Waals surface area (Å²) in [5.74, 6) is -0.368. The quantitative estimate of drug-likeness (QED) is 0.795. The fourth-order valence-corrected chi connectivity index (χ4v) is 1.68. The molecule has 0 aliphatic rings. The Bertz CT molecular complexity index is 513. The van der Waals surface area contributed by atoms with Crippen LogP contribution in [0, 0.1) is 5.82 Å². The average molecular weight is 305 g/mol. The highest BCUT2D eigenvalue weighted by molar-refractivity contribution is 9.10. The molecule has 0 fully saturated rings. The predicted molar refractivity (Wildman–Crippen MR) is 63.3 cm³/mol. The lowest BCUT2D eigenvalue weighted by Gasteiger charge is -2.01. The monoisotopic (exact) mass is 303 g/mol. The van der Waals surface area contributed by atoms with Crippen LogP contribution in [-0.4, -0.2) is 15.0 Å². The van der Waals surface area contributed by atoms with E-state index in [4.69, 9.17) is 11.6 Å². The summed E-state index contributed by atoms with van der Waals surface area (Å²) in [6, 6.07) is 4.74. The Morgan fingerprint density at radius 1 is 1.50 bits per heavy atom. The lowest BCUT2D eigenvalue weighted by atomic mass is 10.3.